The predicted molar refractivity (Wildman–Crippen MR) is 78.5 cm³/mol. The predicted octanol–water partition coefficient (Wildman–Crippen LogP) is 3.07. The first-order valence-electron chi connectivity index (χ1n) is 6.71. The molecule has 110 valence electrons. The molecule has 1 amide bonds. The first kappa shape index (κ1) is 16.3. The molecule has 19 heavy (non-hydrogen) atoms. The zero-order valence-corrected chi connectivity index (χ0v) is 13.4. The number of amides is 1. The quantitative estimate of drug-likeness (QED) is 0.783. The average Bonchev–Trinajstić information content (AvgIpc) is 2.27. The fourth-order valence-corrected chi connectivity index (χ4v) is 1.92. The van der Waals surface area contributed by atoms with Crippen LogP contribution in [0.5, 0.6) is 0 Å². The Morgan fingerprint density at radius 1 is 1.16 bits per heavy atom. The van der Waals surface area contributed by atoms with Gasteiger partial charge in [0.25, 0.3) is 0 Å². The van der Waals surface area contributed by atoms with Crippen molar-refractivity contribution in [1.82, 2.24) is 9.80 Å². The van der Waals surface area contributed by atoms with Crippen LogP contribution >= 0.6 is 11.6 Å². The lowest BCUT2D eigenvalue weighted by Crippen LogP contribution is -2.50. The minimum Gasteiger partial charge on any atom is -0.444 e. The summed E-state index contributed by atoms with van der Waals surface area (Å²) >= 11 is 5.97. The fourth-order valence-electron chi connectivity index (χ4n) is 1.86. The molecule has 0 aromatic rings. The van der Waals surface area contributed by atoms with Gasteiger partial charge in [-0.2, -0.15) is 0 Å². The molecule has 0 aromatic carbocycles. The molecular formula is C14H25ClN2O2. The van der Waals surface area contributed by atoms with E-state index in [1.807, 2.05) is 34.6 Å². The van der Waals surface area contributed by atoms with Crippen molar-refractivity contribution in [3.63, 3.8) is 0 Å². The summed E-state index contributed by atoms with van der Waals surface area (Å²) in [4.78, 5) is 16.0. The molecule has 0 aliphatic carbocycles. The Kier molecular flexibility index (Phi) is 5.68. The van der Waals surface area contributed by atoms with E-state index in [0.29, 0.717) is 13.1 Å². The van der Waals surface area contributed by atoms with Gasteiger partial charge in [-0.15, -0.1) is 0 Å². The molecule has 1 rings (SSSR count). The molecule has 4 nitrogen and oxygen atoms in total. The molecule has 0 aromatic heterocycles. The van der Waals surface area contributed by atoms with Crippen molar-refractivity contribution in [2.75, 3.05) is 32.7 Å². The van der Waals surface area contributed by atoms with Gasteiger partial charge in [-0.25, -0.2) is 4.79 Å². The molecule has 1 fully saturated rings. The molecule has 0 N–H and O–H groups in total. The number of ether oxygens (including phenoxy) is 1. The lowest BCUT2D eigenvalue weighted by Gasteiger charge is -2.35. The molecule has 5 heteroatoms. The molecule has 0 radical (unpaired) electrons. The molecule has 0 unspecified atom stereocenters. The van der Waals surface area contributed by atoms with Crippen LogP contribution in [0.1, 0.15) is 34.6 Å². The second-order valence-corrected chi connectivity index (χ2v) is 6.62. The van der Waals surface area contributed by atoms with E-state index in [2.05, 4.69) is 4.90 Å². The summed E-state index contributed by atoms with van der Waals surface area (Å²) in [6.45, 7) is 13.6. The maximum absolute atomic E-state index is 11.9. The molecule has 1 heterocycles. The summed E-state index contributed by atoms with van der Waals surface area (Å²) in [5, 5.41) is 0.856. The highest BCUT2D eigenvalue weighted by Gasteiger charge is 2.25. The molecule has 1 aliphatic heterocycles. The van der Waals surface area contributed by atoms with E-state index < -0.39 is 5.60 Å². The number of hydrogen-bond acceptors (Lipinski definition) is 3. The van der Waals surface area contributed by atoms with Gasteiger partial charge in [0.05, 0.1) is 0 Å². The second kappa shape index (κ2) is 6.62. The Hall–Kier alpha value is -0.740. The highest BCUT2D eigenvalue weighted by molar-refractivity contribution is 6.29. The molecule has 0 spiro atoms. The van der Waals surface area contributed by atoms with E-state index in [4.69, 9.17) is 16.3 Å². The van der Waals surface area contributed by atoms with Crippen molar-refractivity contribution in [2.24, 2.45) is 0 Å². The summed E-state index contributed by atoms with van der Waals surface area (Å²) in [5.41, 5.74) is 0.760. The van der Waals surface area contributed by atoms with Gasteiger partial charge in [0, 0.05) is 37.8 Å². The Balaban J connectivity index is 2.41. The number of rotatable bonds is 2. The van der Waals surface area contributed by atoms with Gasteiger partial charge in [0.2, 0.25) is 0 Å². The van der Waals surface area contributed by atoms with E-state index >= 15 is 0 Å². The van der Waals surface area contributed by atoms with Crippen molar-refractivity contribution < 1.29 is 9.53 Å². The normalized spacial score (nSPS) is 19.2. The van der Waals surface area contributed by atoms with Crippen molar-refractivity contribution in [3.05, 3.63) is 10.6 Å². The van der Waals surface area contributed by atoms with E-state index in [-0.39, 0.29) is 6.09 Å². The van der Waals surface area contributed by atoms with Gasteiger partial charge in [-0.05, 0) is 40.2 Å². The maximum Gasteiger partial charge on any atom is 0.410 e. The second-order valence-electron chi connectivity index (χ2n) is 6.06. The lowest BCUT2D eigenvalue weighted by atomic mass is 10.2. The summed E-state index contributed by atoms with van der Waals surface area (Å²) < 4.78 is 5.37. The van der Waals surface area contributed by atoms with E-state index in [1.54, 1.807) is 4.90 Å². The molecule has 0 bridgehead atoms. The van der Waals surface area contributed by atoms with Crippen molar-refractivity contribution in [1.29, 1.82) is 0 Å². The highest BCUT2D eigenvalue weighted by Crippen LogP contribution is 2.14. The van der Waals surface area contributed by atoms with Crippen LogP contribution in [0, 0.1) is 0 Å². The van der Waals surface area contributed by atoms with Crippen molar-refractivity contribution >= 4 is 17.7 Å². The van der Waals surface area contributed by atoms with Crippen LogP contribution in [0.3, 0.4) is 0 Å². The molecule has 0 atom stereocenters. The average molecular weight is 289 g/mol. The number of carbonyl (C=O) groups excluding carboxylic acids is 1. The van der Waals surface area contributed by atoms with Crippen LogP contribution in [0.4, 0.5) is 4.79 Å². The Morgan fingerprint density at radius 2 is 1.68 bits per heavy atom. The Bertz CT molecular complexity index is 349. The molecule has 1 saturated heterocycles. The van der Waals surface area contributed by atoms with Crippen LogP contribution in [0.15, 0.2) is 10.6 Å². The summed E-state index contributed by atoms with van der Waals surface area (Å²) in [6, 6.07) is 0. The third kappa shape index (κ3) is 5.83. The minimum atomic E-state index is -0.427. The Morgan fingerprint density at radius 3 is 2.11 bits per heavy atom. The monoisotopic (exact) mass is 288 g/mol. The third-order valence-electron chi connectivity index (χ3n) is 3.07. The number of carbonyl (C=O) groups is 1. The molecular weight excluding hydrogens is 264 g/mol. The van der Waals surface area contributed by atoms with Crippen molar-refractivity contribution in [2.45, 2.75) is 40.2 Å². The summed E-state index contributed by atoms with van der Waals surface area (Å²) in [6.07, 6.45) is -0.215. The van der Waals surface area contributed by atoms with Crippen molar-refractivity contribution in [3.8, 4) is 0 Å². The zero-order valence-electron chi connectivity index (χ0n) is 12.6. The van der Waals surface area contributed by atoms with Gasteiger partial charge in [0.15, 0.2) is 0 Å². The fraction of sp³-hybridized carbons (Fsp3) is 0.786. The Labute approximate surface area is 121 Å². The zero-order chi connectivity index (χ0) is 14.6. The SMILES string of the molecule is CC(Cl)=C(C)CN1CCN(C(=O)OC(C)(C)C)CC1. The minimum absolute atomic E-state index is 0.215. The van der Waals surface area contributed by atoms with Gasteiger partial charge < -0.3 is 9.64 Å². The van der Waals surface area contributed by atoms with Crippen LogP contribution in [0.25, 0.3) is 0 Å². The first-order chi connectivity index (χ1) is 8.69. The third-order valence-corrected chi connectivity index (χ3v) is 3.40. The number of piperazine rings is 1. The first-order valence-corrected chi connectivity index (χ1v) is 7.09. The maximum atomic E-state index is 11.9. The van der Waals surface area contributed by atoms with Gasteiger partial charge in [-0.1, -0.05) is 11.6 Å². The van der Waals surface area contributed by atoms with Gasteiger partial charge in [-0.3, -0.25) is 4.90 Å². The number of halogens is 1. The van der Waals surface area contributed by atoms with Gasteiger partial charge in [0.1, 0.15) is 5.60 Å². The molecule has 0 saturated carbocycles. The topological polar surface area (TPSA) is 32.8 Å². The summed E-state index contributed by atoms with van der Waals surface area (Å²) in [5.74, 6) is 0. The molecule has 1 aliphatic rings. The number of hydrogen-bond donors (Lipinski definition) is 0. The van der Waals surface area contributed by atoms with E-state index in [1.165, 1.54) is 5.57 Å². The van der Waals surface area contributed by atoms with Crippen LogP contribution in [-0.2, 0) is 4.74 Å². The standard InChI is InChI=1S/C14H25ClN2O2/c1-11(12(2)15)10-16-6-8-17(9-7-16)13(18)19-14(3,4)5/h6-10H2,1-5H3. The van der Waals surface area contributed by atoms with E-state index in [9.17, 15) is 4.79 Å². The van der Waals surface area contributed by atoms with E-state index in [0.717, 1.165) is 24.7 Å². The number of nitrogens with zero attached hydrogens (tertiary/aromatic N) is 2. The highest BCUT2D eigenvalue weighted by atomic mass is 35.5. The smallest absolute Gasteiger partial charge is 0.410 e. The number of allylic oxidation sites excluding steroid dienone is 1. The van der Waals surface area contributed by atoms with Crippen LogP contribution in [0.2, 0.25) is 0 Å². The lowest BCUT2D eigenvalue weighted by molar-refractivity contribution is 0.0152. The van der Waals surface area contributed by atoms with Crippen LogP contribution in [-0.4, -0.2) is 54.2 Å². The van der Waals surface area contributed by atoms with Crippen LogP contribution < -0.4 is 0 Å². The van der Waals surface area contributed by atoms with Gasteiger partial charge >= 0.3 is 6.09 Å². The summed E-state index contributed by atoms with van der Waals surface area (Å²) in [7, 11) is 0. The largest absolute Gasteiger partial charge is 0.444 e.